The summed E-state index contributed by atoms with van der Waals surface area (Å²) in [6.45, 7) is 1.94. The maximum atomic E-state index is 8.70. The molecule has 0 aromatic carbocycles. The van der Waals surface area contributed by atoms with E-state index in [4.69, 9.17) is 5.11 Å². The van der Waals surface area contributed by atoms with Gasteiger partial charge in [-0.2, -0.15) is 0 Å². The fraction of sp³-hybridized carbons (Fsp3) is 0.500. The van der Waals surface area contributed by atoms with Crippen molar-refractivity contribution in [2.24, 2.45) is 17.4 Å². The van der Waals surface area contributed by atoms with E-state index in [1.165, 1.54) is 23.1 Å². The highest BCUT2D eigenvalue weighted by Crippen LogP contribution is 2.27. The lowest BCUT2D eigenvalue weighted by molar-refractivity contribution is 0.322. The molecule has 0 radical (unpaired) electrons. The van der Waals surface area contributed by atoms with Gasteiger partial charge >= 0.3 is 0 Å². The third kappa shape index (κ3) is 3.68. The highest BCUT2D eigenvalue weighted by molar-refractivity contribution is 8.01. The molecule has 2 aromatic heterocycles. The monoisotopic (exact) mass is 300 g/mol. The van der Waals surface area contributed by atoms with E-state index in [1.807, 2.05) is 14.0 Å². The number of nitrogens with one attached hydrogen (secondary N) is 1. The summed E-state index contributed by atoms with van der Waals surface area (Å²) >= 11 is 2.73. The van der Waals surface area contributed by atoms with Crippen LogP contribution in [0.3, 0.4) is 0 Å². The van der Waals surface area contributed by atoms with E-state index in [0.717, 1.165) is 10.2 Å². The zero-order chi connectivity index (χ0) is 13.7. The predicted molar refractivity (Wildman–Crippen MR) is 71.6 cm³/mol. The van der Waals surface area contributed by atoms with Crippen molar-refractivity contribution >= 4 is 34.2 Å². The van der Waals surface area contributed by atoms with Crippen LogP contribution >= 0.6 is 23.1 Å². The van der Waals surface area contributed by atoms with Crippen LogP contribution in [0.2, 0.25) is 0 Å². The molecule has 19 heavy (non-hydrogen) atoms. The maximum absolute atomic E-state index is 8.70. The number of nitrogens with zero attached hydrogens (tertiary/aromatic N) is 7. The largest absolute Gasteiger partial charge is 0.396 e. The first-order valence-corrected chi connectivity index (χ1v) is 7.11. The molecule has 0 amide bonds. The Labute approximate surface area is 117 Å². The van der Waals surface area contributed by atoms with Gasteiger partial charge in [-0.3, -0.25) is 4.57 Å². The summed E-state index contributed by atoms with van der Waals surface area (Å²) < 4.78 is 2.50. The van der Waals surface area contributed by atoms with E-state index < -0.39 is 0 Å². The van der Waals surface area contributed by atoms with Gasteiger partial charge in [0.1, 0.15) is 5.82 Å². The van der Waals surface area contributed by atoms with E-state index in [2.05, 4.69) is 36.2 Å². The van der Waals surface area contributed by atoms with Crippen LogP contribution in [0.15, 0.2) is 14.7 Å². The SMILES string of the molecule is Cc1nnc(NN=Nc2nnc(SCCO)s2)n1C. The second kappa shape index (κ2) is 6.54. The van der Waals surface area contributed by atoms with Gasteiger partial charge in [-0.1, -0.05) is 33.4 Å². The number of rotatable bonds is 6. The first kappa shape index (κ1) is 13.8. The molecule has 2 rings (SSSR count). The zero-order valence-corrected chi connectivity index (χ0v) is 11.9. The Morgan fingerprint density at radius 3 is 2.89 bits per heavy atom. The maximum Gasteiger partial charge on any atom is 0.254 e. The molecule has 2 aromatic rings. The van der Waals surface area contributed by atoms with E-state index in [1.54, 1.807) is 4.57 Å². The minimum absolute atomic E-state index is 0.105. The second-order valence-corrected chi connectivity index (χ2v) is 5.66. The van der Waals surface area contributed by atoms with Crippen molar-refractivity contribution < 1.29 is 5.11 Å². The molecule has 0 fully saturated rings. The second-order valence-electron chi connectivity index (χ2n) is 3.36. The third-order valence-corrected chi connectivity index (χ3v) is 4.01. The van der Waals surface area contributed by atoms with Crippen LogP contribution in [0.4, 0.5) is 11.1 Å². The number of aromatic nitrogens is 5. The molecule has 0 bridgehead atoms. The molecular weight excluding hydrogens is 288 g/mol. The smallest absolute Gasteiger partial charge is 0.254 e. The molecule has 2 heterocycles. The molecule has 0 aliphatic rings. The molecule has 2 N–H and O–H groups in total. The summed E-state index contributed by atoms with van der Waals surface area (Å²) in [4.78, 5) is 0. The van der Waals surface area contributed by atoms with E-state index >= 15 is 0 Å². The first-order valence-electron chi connectivity index (χ1n) is 5.30. The average Bonchev–Trinajstić information content (AvgIpc) is 2.98. The van der Waals surface area contributed by atoms with Gasteiger partial charge in [-0.05, 0) is 6.92 Å². The van der Waals surface area contributed by atoms with Crippen LogP contribution in [-0.2, 0) is 7.05 Å². The van der Waals surface area contributed by atoms with Gasteiger partial charge in [-0.25, -0.2) is 5.43 Å². The van der Waals surface area contributed by atoms with E-state index in [-0.39, 0.29) is 6.61 Å². The molecule has 0 saturated carbocycles. The lowest BCUT2D eigenvalue weighted by Gasteiger charge is -1.97. The summed E-state index contributed by atoms with van der Waals surface area (Å²) in [7, 11) is 1.82. The van der Waals surface area contributed by atoms with Gasteiger partial charge in [0.05, 0.1) is 6.61 Å². The minimum Gasteiger partial charge on any atom is -0.396 e. The third-order valence-electron chi connectivity index (χ3n) is 2.09. The summed E-state index contributed by atoms with van der Waals surface area (Å²) in [5.74, 6) is 1.86. The molecule has 0 unspecified atom stereocenters. The van der Waals surface area contributed by atoms with Crippen LogP contribution in [0.5, 0.6) is 0 Å². The highest BCUT2D eigenvalue weighted by Gasteiger charge is 2.04. The number of hydrogen-bond donors (Lipinski definition) is 2. The Morgan fingerprint density at radius 2 is 2.21 bits per heavy atom. The molecule has 0 aliphatic heterocycles. The van der Waals surface area contributed by atoms with Gasteiger partial charge in [0, 0.05) is 12.8 Å². The summed E-state index contributed by atoms with van der Waals surface area (Å²) in [5, 5.41) is 32.3. The molecule has 9 nitrogen and oxygen atoms in total. The van der Waals surface area contributed by atoms with Gasteiger partial charge < -0.3 is 5.11 Å². The Morgan fingerprint density at radius 1 is 1.37 bits per heavy atom. The fourth-order valence-electron chi connectivity index (χ4n) is 1.05. The first-order chi connectivity index (χ1) is 9.20. The van der Waals surface area contributed by atoms with Crippen molar-refractivity contribution in [3.8, 4) is 0 Å². The Kier molecular flexibility index (Phi) is 4.76. The van der Waals surface area contributed by atoms with Crippen LogP contribution in [0.1, 0.15) is 5.82 Å². The van der Waals surface area contributed by atoms with Crippen molar-refractivity contribution in [1.82, 2.24) is 25.0 Å². The number of aliphatic hydroxyl groups excluding tert-OH is 1. The lowest BCUT2D eigenvalue weighted by Crippen LogP contribution is -1.98. The lowest BCUT2D eigenvalue weighted by atomic mass is 10.7. The number of anilines is 1. The molecule has 0 aliphatic carbocycles. The van der Waals surface area contributed by atoms with E-state index in [9.17, 15) is 0 Å². The standard InChI is InChI=1S/C8H12N8OS2/c1-5-9-10-6(16(5)2)11-15-13-7-12-14-8(19-7)18-4-3-17/h17H,3-4H2,1-2H3,(H,10,11,12,13). The Balaban J connectivity index is 1.92. The molecule has 11 heteroatoms. The zero-order valence-electron chi connectivity index (χ0n) is 10.3. The van der Waals surface area contributed by atoms with Crippen LogP contribution < -0.4 is 5.43 Å². The topological polar surface area (TPSA) is 113 Å². The average molecular weight is 300 g/mol. The molecule has 0 spiro atoms. The normalized spacial score (nSPS) is 11.3. The van der Waals surface area contributed by atoms with Gasteiger partial charge in [-0.15, -0.1) is 20.4 Å². The number of aliphatic hydroxyl groups is 1. The van der Waals surface area contributed by atoms with E-state index in [0.29, 0.717) is 16.8 Å². The summed E-state index contributed by atoms with van der Waals surface area (Å²) in [6.07, 6.45) is 0. The number of thioether (sulfide) groups is 1. The molecular formula is C8H12N8OS2. The molecule has 0 saturated heterocycles. The molecule has 102 valence electrons. The quantitative estimate of drug-likeness (QED) is 0.467. The predicted octanol–water partition coefficient (Wildman–Crippen LogP) is 1.17. The Hall–Kier alpha value is -1.59. The van der Waals surface area contributed by atoms with Crippen molar-refractivity contribution in [3.05, 3.63) is 5.82 Å². The van der Waals surface area contributed by atoms with Crippen LogP contribution in [-0.4, -0.2) is 42.4 Å². The fourth-order valence-corrected chi connectivity index (χ4v) is 2.53. The van der Waals surface area contributed by atoms with Crippen LogP contribution in [0.25, 0.3) is 0 Å². The minimum atomic E-state index is 0.105. The van der Waals surface area contributed by atoms with Crippen molar-refractivity contribution in [3.63, 3.8) is 0 Å². The van der Waals surface area contributed by atoms with Gasteiger partial charge in [0.25, 0.3) is 5.13 Å². The number of aryl methyl sites for hydroxylation is 1. The van der Waals surface area contributed by atoms with Gasteiger partial charge in [0.15, 0.2) is 4.34 Å². The summed E-state index contributed by atoms with van der Waals surface area (Å²) in [5.41, 5.74) is 2.67. The van der Waals surface area contributed by atoms with Crippen molar-refractivity contribution in [2.75, 3.05) is 17.8 Å². The Bertz CT molecular complexity index is 565. The molecule has 0 atom stereocenters. The summed E-state index contributed by atoms with van der Waals surface area (Å²) in [6, 6.07) is 0. The number of hydrogen-bond acceptors (Lipinski definition) is 9. The van der Waals surface area contributed by atoms with Crippen molar-refractivity contribution in [1.29, 1.82) is 0 Å². The van der Waals surface area contributed by atoms with Gasteiger partial charge in [0.2, 0.25) is 5.95 Å². The van der Waals surface area contributed by atoms with Crippen molar-refractivity contribution in [2.45, 2.75) is 11.3 Å². The van der Waals surface area contributed by atoms with Crippen LogP contribution in [0, 0.1) is 6.92 Å². The highest BCUT2D eigenvalue weighted by atomic mass is 32.2.